The summed E-state index contributed by atoms with van der Waals surface area (Å²) in [5.41, 5.74) is 2.77. The molecule has 0 spiro atoms. The molecule has 1 aromatic carbocycles. The van der Waals surface area contributed by atoms with E-state index in [4.69, 9.17) is 5.14 Å². The number of benzene rings is 1. The van der Waals surface area contributed by atoms with Crippen LogP contribution in [0.2, 0.25) is 0 Å². The van der Waals surface area contributed by atoms with Crippen LogP contribution in [0, 0.1) is 0 Å². The number of aromatic amines is 1. The van der Waals surface area contributed by atoms with Gasteiger partial charge < -0.3 is 35.7 Å². The van der Waals surface area contributed by atoms with E-state index in [9.17, 15) is 23.4 Å². The molecule has 1 aliphatic rings. The third-order valence-electron chi connectivity index (χ3n) is 7.29. The number of fused-ring (bicyclic) bond motifs is 1. The maximum atomic E-state index is 12.0. The molecule has 4 aromatic rings. The molecule has 5 rings (SSSR count). The van der Waals surface area contributed by atoms with Gasteiger partial charge in [-0.05, 0) is 30.5 Å². The first-order valence-corrected chi connectivity index (χ1v) is 15.2. The summed E-state index contributed by atoms with van der Waals surface area (Å²) in [6, 6.07) is 5.15. The van der Waals surface area contributed by atoms with Crippen molar-refractivity contribution >= 4 is 38.9 Å². The quantitative estimate of drug-likeness (QED) is 0.115. The number of hydrogen-bond acceptors (Lipinski definition) is 11. The predicted molar refractivity (Wildman–Crippen MR) is 154 cm³/mol. The first-order valence-electron chi connectivity index (χ1n) is 13.6. The van der Waals surface area contributed by atoms with E-state index < -0.39 is 34.3 Å². The van der Waals surface area contributed by atoms with Crippen LogP contribution in [-0.4, -0.2) is 85.4 Å². The van der Waals surface area contributed by atoms with Gasteiger partial charge in [0.1, 0.15) is 12.2 Å². The number of primary sulfonamides is 1. The Balaban J connectivity index is 1.38. The van der Waals surface area contributed by atoms with E-state index in [0.717, 1.165) is 11.3 Å². The molecule has 16 heteroatoms. The average molecular weight is 599 g/mol. The van der Waals surface area contributed by atoms with Crippen LogP contribution in [0.4, 0.5) is 11.8 Å². The van der Waals surface area contributed by atoms with E-state index in [2.05, 4.69) is 40.9 Å². The summed E-state index contributed by atoms with van der Waals surface area (Å²) in [6.07, 6.45) is 4.39. The average Bonchev–Trinajstić information content (AvgIpc) is 3.70. The number of rotatable bonds is 12. The highest BCUT2D eigenvalue weighted by Crippen LogP contribution is 2.34. The van der Waals surface area contributed by atoms with Gasteiger partial charge in [0.2, 0.25) is 21.9 Å². The molecule has 1 amide bonds. The number of aliphatic hydroxyl groups is 2. The van der Waals surface area contributed by atoms with Crippen LogP contribution in [0.15, 0.2) is 48.0 Å². The van der Waals surface area contributed by atoms with Gasteiger partial charge in [-0.1, -0.05) is 19.1 Å². The Morgan fingerprint density at radius 1 is 1.12 bits per heavy atom. The number of sulfonamides is 1. The summed E-state index contributed by atoms with van der Waals surface area (Å²) in [4.78, 5) is 32.9. The van der Waals surface area contributed by atoms with Gasteiger partial charge in [-0.2, -0.15) is 9.97 Å². The van der Waals surface area contributed by atoms with Crippen molar-refractivity contribution in [3.05, 3.63) is 54.4 Å². The smallest absolute Gasteiger partial charge is 0.238 e. The zero-order valence-electron chi connectivity index (χ0n) is 22.9. The molecule has 3 aromatic heterocycles. The molecule has 1 fully saturated rings. The SMILES string of the molecule is CCC(=O)N[C@H]1C[C@@H](n2cnc3c(NCCc4ccc(S(N)(=O)=O)cc4)nc(NCCc4cnc[nH]4)nc32)[C@H](O)[C@@H]1O. The van der Waals surface area contributed by atoms with Crippen molar-refractivity contribution in [3.63, 3.8) is 0 Å². The first kappa shape index (κ1) is 29.4. The second-order valence-corrected chi connectivity index (χ2v) is 11.7. The highest BCUT2D eigenvalue weighted by Gasteiger charge is 2.43. The zero-order valence-corrected chi connectivity index (χ0v) is 23.8. The van der Waals surface area contributed by atoms with Crippen LogP contribution in [0.1, 0.15) is 37.1 Å². The number of imidazole rings is 2. The minimum atomic E-state index is -3.77. The highest BCUT2D eigenvalue weighted by molar-refractivity contribution is 7.89. The summed E-state index contributed by atoms with van der Waals surface area (Å²) in [7, 11) is -3.77. The Bertz CT molecular complexity index is 1630. The van der Waals surface area contributed by atoms with E-state index >= 15 is 0 Å². The highest BCUT2D eigenvalue weighted by atomic mass is 32.2. The molecule has 224 valence electrons. The van der Waals surface area contributed by atoms with E-state index in [0.29, 0.717) is 55.3 Å². The van der Waals surface area contributed by atoms with Crippen LogP contribution in [0.3, 0.4) is 0 Å². The number of nitrogens with two attached hydrogens (primary N) is 1. The van der Waals surface area contributed by atoms with Gasteiger partial charge in [-0.25, -0.2) is 23.5 Å². The fraction of sp³-hybridized carbons (Fsp3) is 0.423. The van der Waals surface area contributed by atoms with Crippen molar-refractivity contribution in [2.45, 2.75) is 61.8 Å². The number of carbonyl (C=O) groups excluding carboxylic acids is 1. The van der Waals surface area contributed by atoms with E-state index in [1.807, 2.05) is 0 Å². The van der Waals surface area contributed by atoms with Crippen LogP contribution in [0.25, 0.3) is 11.2 Å². The van der Waals surface area contributed by atoms with Crippen molar-refractivity contribution in [1.29, 1.82) is 0 Å². The number of aromatic nitrogens is 6. The topological polar surface area (TPSA) is 226 Å². The third-order valence-corrected chi connectivity index (χ3v) is 8.22. The Labute approximate surface area is 242 Å². The fourth-order valence-electron chi connectivity index (χ4n) is 5.00. The molecule has 1 saturated carbocycles. The molecule has 0 saturated heterocycles. The number of H-pyrrole nitrogens is 1. The van der Waals surface area contributed by atoms with Crippen molar-refractivity contribution in [2.24, 2.45) is 5.14 Å². The monoisotopic (exact) mass is 598 g/mol. The van der Waals surface area contributed by atoms with Crippen LogP contribution < -0.4 is 21.1 Å². The van der Waals surface area contributed by atoms with Gasteiger partial charge in [0.25, 0.3) is 0 Å². The Morgan fingerprint density at radius 2 is 1.88 bits per heavy atom. The lowest BCUT2D eigenvalue weighted by Gasteiger charge is -2.18. The Morgan fingerprint density at radius 3 is 2.57 bits per heavy atom. The standard InChI is InChI=1S/C26H34N10O5S/c1-2-20(37)33-18-11-19(23(39)22(18)38)36-14-32-21-24(29-9-7-15-3-5-17(6-4-15)42(27,40)41)34-26(35-25(21)36)30-10-8-16-12-28-13-31-16/h3-6,12-14,18-19,22-23,38-39H,2,7-11H2,1H3,(H,28,31)(H,33,37)(H2,27,40,41)(H2,29,30,34,35)/t18-,19+,22+,23-/m0/s1. The van der Waals surface area contributed by atoms with Crippen molar-refractivity contribution < 1.29 is 23.4 Å². The van der Waals surface area contributed by atoms with Gasteiger partial charge in [0.05, 0.1) is 29.6 Å². The molecule has 0 aliphatic heterocycles. The van der Waals surface area contributed by atoms with Crippen LogP contribution in [0.5, 0.6) is 0 Å². The minimum Gasteiger partial charge on any atom is -0.388 e. The maximum Gasteiger partial charge on any atom is 0.238 e. The van der Waals surface area contributed by atoms with Gasteiger partial charge in [0, 0.05) is 37.8 Å². The van der Waals surface area contributed by atoms with Gasteiger partial charge in [0.15, 0.2) is 17.0 Å². The molecule has 4 atom stereocenters. The molecule has 0 radical (unpaired) electrons. The molecule has 15 nitrogen and oxygen atoms in total. The third kappa shape index (κ3) is 6.51. The molecular formula is C26H34N10O5S. The molecule has 0 bridgehead atoms. The van der Waals surface area contributed by atoms with E-state index in [1.54, 1.807) is 42.5 Å². The number of hydrogen-bond donors (Lipinski definition) is 7. The van der Waals surface area contributed by atoms with Gasteiger partial charge in [-0.15, -0.1) is 0 Å². The second-order valence-electron chi connectivity index (χ2n) is 10.2. The van der Waals surface area contributed by atoms with Crippen LogP contribution >= 0.6 is 0 Å². The summed E-state index contributed by atoms with van der Waals surface area (Å²) in [5, 5.41) is 36.0. The number of anilines is 2. The molecule has 0 unspecified atom stereocenters. The summed E-state index contributed by atoms with van der Waals surface area (Å²) in [6.45, 7) is 2.70. The van der Waals surface area contributed by atoms with Crippen molar-refractivity contribution in [2.75, 3.05) is 23.7 Å². The first-order chi connectivity index (χ1) is 20.1. The van der Waals surface area contributed by atoms with E-state index in [1.165, 1.54) is 12.1 Å². The predicted octanol–water partition coefficient (Wildman–Crippen LogP) is 0.0674. The second kappa shape index (κ2) is 12.4. The summed E-state index contributed by atoms with van der Waals surface area (Å²) < 4.78 is 24.8. The minimum absolute atomic E-state index is 0.0452. The number of nitrogens with zero attached hydrogens (tertiary/aromatic N) is 5. The molecule has 1 aliphatic carbocycles. The normalized spacial score (nSPS) is 20.6. The number of carbonyl (C=O) groups is 1. The number of amides is 1. The molecule has 42 heavy (non-hydrogen) atoms. The fourth-order valence-corrected chi connectivity index (χ4v) is 5.51. The Hall–Kier alpha value is -4.12. The lowest BCUT2D eigenvalue weighted by atomic mass is 10.1. The van der Waals surface area contributed by atoms with E-state index in [-0.39, 0.29) is 17.2 Å². The Kier molecular flexibility index (Phi) is 8.67. The molecular weight excluding hydrogens is 564 g/mol. The van der Waals surface area contributed by atoms with Crippen LogP contribution in [-0.2, 0) is 27.7 Å². The maximum absolute atomic E-state index is 12.0. The van der Waals surface area contributed by atoms with Gasteiger partial charge in [-0.3, -0.25) is 4.79 Å². The summed E-state index contributed by atoms with van der Waals surface area (Å²) >= 11 is 0. The molecule has 3 heterocycles. The lowest BCUT2D eigenvalue weighted by Crippen LogP contribution is -2.42. The summed E-state index contributed by atoms with van der Waals surface area (Å²) in [5.74, 6) is 0.597. The largest absolute Gasteiger partial charge is 0.388 e. The molecule has 8 N–H and O–H groups in total. The van der Waals surface area contributed by atoms with Gasteiger partial charge >= 0.3 is 0 Å². The van der Waals surface area contributed by atoms with Crippen molar-refractivity contribution in [1.82, 2.24) is 34.8 Å². The zero-order chi connectivity index (χ0) is 29.9. The number of nitrogens with one attached hydrogen (secondary N) is 4. The van der Waals surface area contributed by atoms with Crippen molar-refractivity contribution in [3.8, 4) is 0 Å². The number of aliphatic hydroxyl groups excluding tert-OH is 2. The lowest BCUT2D eigenvalue weighted by molar-refractivity contribution is -0.122.